The highest BCUT2D eigenvalue weighted by Crippen LogP contribution is 2.23. The number of aliphatic hydroxyl groups is 1. The van der Waals surface area contributed by atoms with E-state index in [0.29, 0.717) is 12.4 Å². The van der Waals surface area contributed by atoms with E-state index in [1.54, 1.807) is 18.5 Å². The zero-order valence-electron chi connectivity index (χ0n) is 12.3. The average Bonchev–Trinajstić information content (AvgIpc) is 3.06. The number of nitrogens with zero attached hydrogens (tertiary/aromatic N) is 5. The molecule has 3 aromatic heterocycles. The highest BCUT2D eigenvalue weighted by Gasteiger charge is 2.19. The number of H-pyrrole nitrogens is 1. The van der Waals surface area contributed by atoms with Crippen molar-refractivity contribution in [2.75, 3.05) is 0 Å². The number of rotatable bonds is 4. The molecule has 0 unspecified atom stereocenters. The zero-order valence-corrected chi connectivity index (χ0v) is 12.3. The van der Waals surface area contributed by atoms with E-state index < -0.39 is 5.60 Å². The lowest BCUT2D eigenvalue weighted by Crippen LogP contribution is -2.27. The first-order valence-corrected chi connectivity index (χ1v) is 6.72. The lowest BCUT2D eigenvalue weighted by molar-refractivity contribution is 0.0582. The van der Waals surface area contributed by atoms with Gasteiger partial charge in [-0.25, -0.2) is 9.67 Å². The van der Waals surface area contributed by atoms with Gasteiger partial charge in [0.25, 0.3) is 0 Å². The molecule has 3 rings (SSSR count). The van der Waals surface area contributed by atoms with Crippen LogP contribution in [0.15, 0.2) is 30.7 Å². The van der Waals surface area contributed by atoms with E-state index >= 15 is 0 Å². The third-order valence-corrected chi connectivity index (χ3v) is 3.18. The maximum absolute atomic E-state index is 9.93. The predicted molar refractivity (Wildman–Crippen MR) is 78.3 cm³/mol. The van der Waals surface area contributed by atoms with E-state index in [0.717, 1.165) is 17.1 Å². The average molecular weight is 286 g/mol. The third kappa shape index (κ3) is 2.73. The van der Waals surface area contributed by atoms with Crippen LogP contribution >= 0.6 is 0 Å². The van der Waals surface area contributed by atoms with E-state index in [2.05, 4.69) is 20.3 Å². The fourth-order valence-electron chi connectivity index (χ4n) is 2.25. The molecule has 3 aromatic rings. The summed E-state index contributed by atoms with van der Waals surface area (Å²) in [5.41, 5.74) is 1.78. The van der Waals surface area contributed by atoms with Crippen molar-refractivity contribution in [3.05, 3.63) is 30.7 Å². The molecule has 110 valence electrons. The van der Waals surface area contributed by atoms with Crippen LogP contribution in [0.2, 0.25) is 0 Å². The van der Waals surface area contributed by atoms with Crippen molar-refractivity contribution in [1.29, 1.82) is 0 Å². The van der Waals surface area contributed by atoms with E-state index in [1.165, 1.54) is 6.33 Å². The van der Waals surface area contributed by atoms with Crippen LogP contribution in [-0.4, -0.2) is 40.2 Å². The van der Waals surface area contributed by atoms with Gasteiger partial charge in [-0.05, 0) is 32.0 Å². The van der Waals surface area contributed by atoms with Gasteiger partial charge in [0.2, 0.25) is 0 Å². The fourth-order valence-corrected chi connectivity index (χ4v) is 2.25. The second kappa shape index (κ2) is 4.85. The molecule has 0 fully saturated rings. The lowest BCUT2D eigenvalue weighted by atomic mass is 10.1. The third-order valence-electron chi connectivity index (χ3n) is 3.18. The Morgan fingerprint density at radius 2 is 2.19 bits per heavy atom. The molecule has 0 aliphatic carbocycles. The molecule has 0 aliphatic heterocycles. The number of hydrogen-bond acceptors (Lipinski definition) is 4. The molecule has 0 atom stereocenters. The topological polar surface area (TPSA) is 84.5 Å². The number of nitrogens with one attached hydrogen (secondary N) is 1. The zero-order chi connectivity index (χ0) is 15.0. The second-order valence-electron chi connectivity index (χ2n) is 5.72. The number of aryl methyl sites for hydroxylation is 1. The second-order valence-corrected chi connectivity index (χ2v) is 5.72. The quantitative estimate of drug-likeness (QED) is 0.760. The molecule has 0 radical (unpaired) electrons. The van der Waals surface area contributed by atoms with Gasteiger partial charge in [0.15, 0.2) is 5.82 Å². The Morgan fingerprint density at radius 3 is 2.86 bits per heavy atom. The maximum atomic E-state index is 9.93. The van der Waals surface area contributed by atoms with Gasteiger partial charge in [-0.1, -0.05) is 0 Å². The number of aromatic nitrogens is 6. The molecular weight excluding hydrogens is 268 g/mol. The fraction of sp³-hybridized carbons (Fsp3) is 0.357. The van der Waals surface area contributed by atoms with Crippen molar-refractivity contribution in [2.24, 2.45) is 7.05 Å². The SMILES string of the molecule is Cn1cccc1-c1cc(-c2ncnn2CC(C)(C)O)[nH]n1. The first kappa shape index (κ1) is 13.6. The molecule has 0 saturated heterocycles. The summed E-state index contributed by atoms with van der Waals surface area (Å²) in [6, 6.07) is 5.90. The summed E-state index contributed by atoms with van der Waals surface area (Å²) < 4.78 is 3.67. The van der Waals surface area contributed by atoms with E-state index in [1.807, 2.05) is 36.0 Å². The Morgan fingerprint density at radius 1 is 1.38 bits per heavy atom. The van der Waals surface area contributed by atoms with Gasteiger partial charge in [0, 0.05) is 13.2 Å². The predicted octanol–water partition coefficient (Wildman–Crippen LogP) is 1.44. The van der Waals surface area contributed by atoms with Crippen LogP contribution in [0.5, 0.6) is 0 Å². The van der Waals surface area contributed by atoms with Crippen LogP contribution in [0.3, 0.4) is 0 Å². The normalized spacial score (nSPS) is 12.0. The van der Waals surface area contributed by atoms with Gasteiger partial charge >= 0.3 is 0 Å². The minimum Gasteiger partial charge on any atom is -0.389 e. The maximum Gasteiger partial charge on any atom is 0.176 e. The van der Waals surface area contributed by atoms with Crippen molar-refractivity contribution in [3.63, 3.8) is 0 Å². The van der Waals surface area contributed by atoms with Crippen molar-refractivity contribution >= 4 is 0 Å². The molecule has 0 amide bonds. The molecule has 0 saturated carbocycles. The molecular formula is C14H18N6O. The molecule has 0 bridgehead atoms. The Balaban J connectivity index is 1.94. The van der Waals surface area contributed by atoms with Crippen molar-refractivity contribution in [2.45, 2.75) is 26.0 Å². The summed E-state index contributed by atoms with van der Waals surface area (Å²) in [6.07, 6.45) is 3.45. The summed E-state index contributed by atoms with van der Waals surface area (Å²) in [5.74, 6) is 0.657. The summed E-state index contributed by atoms with van der Waals surface area (Å²) in [6.45, 7) is 3.84. The molecule has 0 spiro atoms. The highest BCUT2D eigenvalue weighted by molar-refractivity contribution is 5.62. The molecule has 0 aromatic carbocycles. The minimum atomic E-state index is -0.858. The number of aromatic amines is 1. The first-order valence-electron chi connectivity index (χ1n) is 6.72. The van der Waals surface area contributed by atoms with Gasteiger partial charge in [-0.15, -0.1) is 0 Å². The van der Waals surface area contributed by atoms with Crippen LogP contribution in [0.1, 0.15) is 13.8 Å². The summed E-state index contributed by atoms with van der Waals surface area (Å²) in [4.78, 5) is 4.25. The summed E-state index contributed by atoms with van der Waals surface area (Å²) in [7, 11) is 1.97. The van der Waals surface area contributed by atoms with Crippen LogP contribution in [0, 0.1) is 0 Å². The van der Waals surface area contributed by atoms with E-state index in [9.17, 15) is 5.11 Å². The van der Waals surface area contributed by atoms with E-state index in [-0.39, 0.29) is 0 Å². The van der Waals surface area contributed by atoms with Gasteiger partial charge in [-0.3, -0.25) is 5.10 Å². The largest absolute Gasteiger partial charge is 0.389 e. The monoisotopic (exact) mass is 286 g/mol. The Bertz CT molecular complexity index is 745. The Hall–Kier alpha value is -2.41. The van der Waals surface area contributed by atoms with Crippen molar-refractivity contribution < 1.29 is 5.11 Å². The van der Waals surface area contributed by atoms with Crippen LogP contribution in [0.25, 0.3) is 22.9 Å². The molecule has 21 heavy (non-hydrogen) atoms. The summed E-state index contributed by atoms with van der Waals surface area (Å²) in [5, 5.41) is 21.4. The molecule has 0 aliphatic rings. The molecule has 3 heterocycles. The van der Waals surface area contributed by atoms with E-state index in [4.69, 9.17) is 0 Å². The number of hydrogen-bond donors (Lipinski definition) is 2. The smallest absolute Gasteiger partial charge is 0.176 e. The van der Waals surface area contributed by atoms with Crippen LogP contribution in [-0.2, 0) is 13.6 Å². The minimum absolute atomic E-state index is 0.362. The summed E-state index contributed by atoms with van der Waals surface area (Å²) >= 11 is 0. The van der Waals surface area contributed by atoms with Gasteiger partial charge in [0.1, 0.15) is 17.7 Å². The van der Waals surface area contributed by atoms with Crippen LogP contribution < -0.4 is 0 Å². The van der Waals surface area contributed by atoms with Gasteiger partial charge < -0.3 is 9.67 Å². The van der Waals surface area contributed by atoms with Crippen molar-refractivity contribution in [1.82, 2.24) is 29.5 Å². The van der Waals surface area contributed by atoms with Crippen LogP contribution in [0.4, 0.5) is 0 Å². The Labute approximate surface area is 122 Å². The molecule has 2 N–H and O–H groups in total. The molecule has 7 heteroatoms. The standard InChI is InChI=1S/C14H18N6O/c1-14(2,21)8-20-13(15-9-16-20)11-7-10(17-18-11)12-5-4-6-19(12)3/h4-7,9,21H,8H2,1-3H3,(H,17,18). The lowest BCUT2D eigenvalue weighted by Gasteiger charge is -2.17. The van der Waals surface area contributed by atoms with Crippen molar-refractivity contribution in [3.8, 4) is 22.9 Å². The van der Waals surface area contributed by atoms with Gasteiger partial charge in [-0.2, -0.15) is 10.2 Å². The first-order chi connectivity index (χ1) is 9.94. The molecule has 7 nitrogen and oxygen atoms in total. The Kier molecular flexibility index (Phi) is 3.13. The highest BCUT2D eigenvalue weighted by atomic mass is 16.3. The van der Waals surface area contributed by atoms with Gasteiger partial charge in [0.05, 0.1) is 17.8 Å².